The van der Waals surface area contributed by atoms with Gasteiger partial charge in [0.2, 0.25) is 17.7 Å². The Bertz CT molecular complexity index is 604. The summed E-state index contributed by atoms with van der Waals surface area (Å²) in [6, 6.07) is -1.34. The smallest absolute Gasteiger partial charge is 0.244 e. The molecule has 0 aromatic rings. The zero-order valence-corrected chi connectivity index (χ0v) is 19.9. The van der Waals surface area contributed by atoms with Gasteiger partial charge in [0, 0.05) is 24.0 Å². The highest BCUT2D eigenvalue weighted by atomic mass is 32.2. The second-order valence-electron chi connectivity index (χ2n) is 9.08. The predicted molar refractivity (Wildman–Crippen MR) is 124 cm³/mol. The van der Waals surface area contributed by atoms with Crippen molar-refractivity contribution in [3.8, 4) is 0 Å². The van der Waals surface area contributed by atoms with E-state index in [9.17, 15) is 19.5 Å². The summed E-state index contributed by atoms with van der Waals surface area (Å²) in [7, 11) is 0. The Hall–Kier alpha value is -1.32. The van der Waals surface area contributed by atoms with Crippen molar-refractivity contribution in [1.29, 1.82) is 0 Å². The lowest BCUT2D eigenvalue weighted by molar-refractivity contribution is -0.132. The van der Waals surface area contributed by atoms with Crippen LogP contribution in [0.3, 0.4) is 0 Å². The van der Waals surface area contributed by atoms with Crippen LogP contribution in [0.4, 0.5) is 0 Å². The van der Waals surface area contributed by atoms with E-state index in [2.05, 4.69) is 21.3 Å². The molecular formula is C22H40N4O4S. The fourth-order valence-corrected chi connectivity index (χ4v) is 5.74. The third-order valence-electron chi connectivity index (χ3n) is 6.07. The van der Waals surface area contributed by atoms with Crippen LogP contribution in [0, 0.1) is 5.92 Å². The molecule has 2 unspecified atom stereocenters. The average molecular weight is 457 g/mol. The van der Waals surface area contributed by atoms with Crippen LogP contribution < -0.4 is 21.3 Å². The van der Waals surface area contributed by atoms with Crippen molar-refractivity contribution in [3.05, 3.63) is 0 Å². The Morgan fingerprint density at radius 1 is 1.10 bits per heavy atom. The van der Waals surface area contributed by atoms with Crippen LogP contribution in [0.1, 0.15) is 65.7 Å². The van der Waals surface area contributed by atoms with Gasteiger partial charge in [-0.25, -0.2) is 0 Å². The van der Waals surface area contributed by atoms with Crippen LogP contribution in [-0.2, 0) is 14.4 Å². The molecule has 3 amide bonds. The van der Waals surface area contributed by atoms with Gasteiger partial charge in [-0.3, -0.25) is 14.4 Å². The molecular weight excluding hydrogens is 416 g/mol. The highest BCUT2D eigenvalue weighted by molar-refractivity contribution is 8.00. The molecule has 2 aliphatic rings. The number of amides is 3. The number of hydrogen-bond donors (Lipinski definition) is 5. The monoisotopic (exact) mass is 456 g/mol. The molecule has 0 aromatic heterocycles. The molecule has 1 saturated carbocycles. The van der Waals surface area contributed by atoms with E-state index in [0.717, 1.165) is 32.2 Å². The highest BCUT2D eigenvalue weighted by Crippen LogP contribution is 2.29. The minimum Gasteiger partial charge on any atom is -0.394 e. The van der Waals surface area contributed by atoms with E-state index in [4.69, 9.17) is 0 Å². The summed E-state index contributed by atoms with van der Waals surface area (Å²) in [5, 5.41) is 22.3. The number of carbonyl (C=O) groups is 3. The molecule has 1 saturated heterocycles. The number of aliphatic hydroxyl groups is 1. The minimum atomic E-state index is -0.722. The number of fused-ring (bicyclic) bond motifs is 1. The van der Waals surface area contributed by atoms with Gasteiger partial charge in [-0.05, 0) is 38.1 Å². The molecule has 2 rings (SSSR count). The number of thioether (sulfide) groups is 1. The summed E-state index contributed by atoms with van der Waals surface area (Å²) in [6.45, 7) is 5.92. The topological polar surface area (TPSA) is 120 Å². The van der Waals surface area contributed by atoms with Gasteiger partial charge in [-0.1, -0.05) is 33.1 Å². The largest absolute Gasteiger partial charge is 0.394 e. The van der Waals surface area contributed by atoms with Crippen LogP contribution in [0.15, 0.2) is 0 Å². The third kappa shape index (κ3) is 8.61. The summed E-state index contributed by atoms with van der Waals surface area (Å²) >= 11 is 1.74. The molecule has 5 atom stereocenters. The molecule has 1 heterocycles. The first kappa shape index (κ1) is 25.9. The van der Waals surface area contributed by atoms with Crippen molar-refractivity contribution in [2.75, 3.05) is 18.9 Å². The van der Waals surface area contributed by atoms with Gasteiger partial charge in [0.05, 0.1) is 12.6 Å². The zero-order chi connectivity index (χ0) is 22.8. The van der Waals surface area contributed by atoms with Gasteiger partial charge >= 0.3 is 0 Å². The fourth-order valence-electron chi connectivity index (χ4n) is 4.27. The SMILES string of the molecule is CC(=O)N[C@H]1CSC2CCCCC2NCCCC[C@@H](CO)NC(=O)[C@H](C(C)C)NC1=O. The van der Waals surface area contributed by atoms with Crippen molar-refractivity contribution in [2.24, 2.45) is 5.92 Å². The van der Waals surface area contributed by atoms with Gasteiger partial charge in [0.1, 0.15) is 12.1 Å². The molecule has 0 bridgehead atoms. The second-order valence-corrected chi connectivity index (χ2v) is 10.4. The Kier molecular flexibility index (Phi) is 11.1. The number of carbonyl (C=O) groups excluding carboxylic acids is 3. The lowest BCUT2D eigenvalue weighted by atomic mass is 9.94. The Morgan fingerprint density at radius 2 is 1.81 bits per heavy atom. The Morgan fingerprint density at radius 3 is 2.48 bits per heavy atom. The van der Waals surface area contributed by atoms with Crippen LogP contribution in [0.5, 0.6) is 0 Å². The van der Waals surface area contributed by atoms with Crippen molar-refractivity contribution in [2.45, 2.75) is 95.1 Å². The summed E-state index contributed by atoms with van der Waals surface area (Å²) < 4.78 is 0. The standard InChI is InChI=1S/C22H40N4O4S/c1-14(2)20-22(30)25-16(12-27)8-6-7-11-23-17-9-4-5-10-19(17)31-13-18(21(29)26-20)24-15(3)28/h14,16-20,23,27H,4-13H2,1-3H3,(H,24,28)(H,25,30)(H,26,29)/t16-,17?,18-,19?,20-/m0/s1. The molecule has 2 fully saturated rings. The third-order valence-corrected chi connectivity index (χ3v) is 7.59. The van der Waals surface area contributed by atoms with Crippen LogP contribution in [-0.4, -0.2) is 71.1 Å². The summed E-state index contributed by atoms with van der Waals surface area (Å²) in [5.74, 6) is -0.558. The van der Waals surface area contributed by atoms with Crippen LogP contribution >= 0.6 is 11.8 Å². The highest BCUT2D eigenvalue weighted by Gasteiger charge is 2.32. The molecule has 8 nitrogen and oxygen atoms in total. The fraction of sp³-hybridized carbons (Fsp3) is 0.864. The summed E-state index contributed by atoms with van der Waals surface area (Å²) in [4.78, 5) is 37.6. The van der Waals surface area contributed by atoms with E-state index in [0.29, 0.717) is 23.5 Å². The van der Waals surface area contributed by atoms with E-state index < -0.39 is 12.1 Å². The molecule has 0 aromatic carbocycles. The maximum Gasteiger partial charge on any atom is 0.244 e. The lowest BCUT2D eigenvalue weighted by Crippen LogP contribution is -2.57. The normalized spacial score (nSPS) is 32.0. The van der Waals surface area contributed by atoms with Gasteiger partial charge in [0.15, 0.2) is 0 Å². The van der Waals surface area contributed by atoms with Gasteiger partial charge in [0.25, 0.3) is 0 Å². The van der Waals surface area contributed by atoms with Gasteiger partial charge in [-0.15, -0.1) is 0 Å². The second kappa shape index (κ2) is 13.3. The van der Waals surface area contributed by atoms with Gasteiger partial charge < -0.3 is 26.4 Å². The van der Waals surface area contributed by atoms with Crippen molar-refractivity contribution in [1.82, 2.24) is 21.3 Å². The van der Waals surface area contributed by atoms with E-state index in [-0.39, 0.29) is 36.3 Å². The van der Waals surface area contributed by atoms with Gasteiger partial charge in [-0.2, -0.15) is 11.8 Å². The lowest BCUT2D eigenvalue weighted by Gasteiger charge is -2.33. The summed E-state index contributed by atoms with van der Waals surface area (Å²) in [6.07, 6.45) is 7.20. The first-order chi connectivity index (χ1) is 14.8. The van der Waals surface area contributed by atoms with E-state index in [1.807, 2.05) is 13.8 Å². The molecule has 31 heavy (non-hydrogen) atoms. The molecule has 9 heteroatoms. The first-order valence-electron chi connectivity index (χ1n) is 11.7. The molecule has 5 N–H and O–H groups in total. The number of rotatable bonds is 3. The van der Waals surface area contributed by atoms with E-state index in [1.54, 1.807) is 11.8 Å². The summed E-state index contributed by atoms with van der Waals surface area (Å²) in [5.41, 5.74) is 0. The van der Waals surface area contributed by atoms with Crippen molar-refractivity contribution >= 4 is 29.5 Å². The zero-order valence-electron chi connectivity index (χ0n) is 19.1. The first-order valence-corrected chi connectivity index (χ1v) is 12.7. The molecule has 0 radical (unpaired) electrons. The van der Waals surface area contributed by atoms with Crippen molar-refractivity contribution < 1.29 is 19.5 Å². The number of hydrogen-bond acceptors (Lipinski definition) is 6. The molecule has 0 spiro atoms. The maximum absolute atomic E-state index is 13.0. The van der Waals surface area contributed by atoms with Crippen molar-refractivity contribution in [3.63, 3.8) is 0 Å². The minimum absolute atomic E-state index is 0.125. The average Bonchev–Trinajstić information content (AvgIpc) is 2.73. The van der Waals surface area contributed by atoms with Crippen LogP contribution in [0.25, 0.3) is 0 Å². The van der Waals surface area contributed by atoms with E-state index >= 15 is 0 Å². The number of aliphatic hydroxyl groups excluding tert-OH is 1. The molecule has 1 aliphatic heterocycles. The van der Waals surface area contributed by atoms with E-state index in [1.165, 1.54) is 19.8 Å². The Labute approximate surface area is 190 Å². The molecule has 1 aliphatic carbocycles. The maximum atomic E-state index is 13.0. The van der Waals surface area contributed by atoms with Crippen LogP contribution in [0.2, 0.25) is 0 Å². The predicted octanol–water partition coefficient (Wildman–Crippen LogP) is 0.927. The molecule has 178 valence electrons. The quantitative estimate of drug-likeness (QED) is 0.431. The Balaban J connectivity index is 2.19. The number of nitrogens with one attached hydrogen (secondary N) is 4.